The van der Waals surface area contributed by atoms with Crippen molar-refractivity contribution in [3.05, 3.63) is 35.6 Å². The molecule has 1 rings (SSSR count). The molecule has 4 N–H and O–H groups in total. The molecule has 2 amide bonds. The molecule has 0 spiro atoms. The lowest BCUT2D eigenvalue weighted by atomic mass is 10.1. The van der Waals surface area contributed by atoms with Crippen molar-refractivity contribution in [3.8, 4) is 0 Å². The summed E-state index contributed by atoms with van der Waals surface area (Å²) < 4.78 is 12.7. The van der Waals surface area contributed by atoms with Crippen molar-refractivity contribution >= 4 is 11.8 Å². The number of benzene rings is 1. The maximum absolute atomic E-state index is 12.7. The Labute approximate surface area is 111 Å². The Bertz CT molecular complexity index is 434. The summed E-state index contributed by atoms with van der Waals surface area (Å²) in [5.41, 5.74) is 6.03. The minimum atomic E-state index is -0.374. The first-order valence-corrected chi connectivity index (χ1v) is 6.02. The van der Waals surface area contributed by atoms with Gasteiger partial charge in [0.1, 0.15) is 5.82 Å². The zero-order valence-corrected chi connectivity index (χ0v) is 10.8. The molecule has 0 aromatic heterocycles. The predicted octanol–water partition coefficient (Wildman–Crippen LogP) is -0.0522. The third-order valence-electron chi connectivity index (χ3n) is 2.49. The first kappa shape index (κ1) is 15.1. The van der Waals surface area contributed by atoms with Crippen molar-refractivity contribution in [1.29, 1.82) is 0 Å². The Morgan fingerprint density at radius 2 is 1.89 bits per heavy atom. The summed E-state index contributed by atoms with van der Waals surface area (Å²) >= 11 is 0. The summed E-state index contributed by atoms with van der Waals surface area (Å²) in [4.78, 5) is 22.4. The van der Waals surface area contributed by atoms with E-state index < -0.39 is 0 Å². The monoisotopic (exact) mass is 267 g/mol. The lowest BCUT2D eigenvalue weighted by molar-refractivity contribution is -0.125. The number of amides is 2. The fourth-order valence-corrected chi connectivity index (χ4v) is 1.60. The first-order chi connectivity index (χ1) is 9.01. The molecule has 1 aromatic rings. The van der Waals surface area contributed by atoms with Crippen LogP contribution in [0.5, 0.6) is 0 Å². The highest BCUT2D eigenvalue weighted by Gasteiger charge is 2.09. The minimum Gasteiger partial charge on any atom is -0.352 e. The Hall–Kier alpha value is -1.95. The Kier molecular flexibility index (Phi) is 5.95. The van der Waals surface area contributed by atoms with Crippen molar-refractivity contribution in [2.45, 2.75) is 19.4 Å². The lowest BCUT2D eigenvalue weighted by Gasteiger charge is -2.14. The molecule has 0 saturated heterocycles. The van der Waals surface area contributed by atoms with E-state index in [1.54, 1.807) is 12.1 Å². The molecule has 0 saturated carbocycles. The molecule has 0 aliphatic rings. The molecule has 1 unspecified atom stereocenters. The van der Waals surface area contributed by atoms with E-state index in [9.17, 15) is 14.0 Å². The van der Waals surface area contributed by atoms with E-state index in [4.69, 9.17) is 5.73 Å². The van der Waals surface area contributed by atoms with Crippen LogP contribution in [0.4, 0.5) is 4.39 Å². The maximum Gasteiger partial charge on any atom is 0.239 e. The molecule has 0 radical (unpaired) electrons. The lowest BCUT2D eigenvalue weighted by Crippen LogP contribution is -2.43. The van der Waals surface area contributed by atoms with Crippen molar-refractivity contribution in [3.63, 3.8) is 0 Å². The molecule has 0 fully saturated rings. The molecule has 0 bridgehead atoms. The highest BCUT2D eigenvalue weighted by molar-refractivity contribution is 5.85. The largest absolute Gasteiger partial charge is 0.352 e. The van der Waals surface area contributed by atoms with E-state index in [1.807, 2.05) is 6.92 Å². The summed E-state index contributed by atoms with van der Waals surface area (Å²) in [6.07, 6.45) is 0.594. The van der Waals surface area contributed by atoms with Gasteiger partial charge in [-0.2, -0.15) is 0 Å². The molecule has 1 aromatic carbocycles. The fraction of sp³-hybridized carbons (Fsp3) is 0.385. The number of hydrogen-bond donors (Lipinski definition) is 3. The SMILES string of the molecule is CC(Cc1ccc(F)cc1)NC(=O)CNC(=O)CN. The molecular weight excluding hydrogens is 249 g/mol. The van der Waals surface area contributed by atoms with Gasteiger partial charge in [0.2, 0.25) is 11.8 Å². The van der Waals surface area contributed by atoms with Gasteiger partial charge in [0, 0.05) is 6.04 Å². The molecule has 0 aliphatic carbocycles. The molecule has 19 heavy (non-hydrogen) atoms. The molecule has 0 heterocycles. The number of rotatable bonds is 6. The topological polar surface area (TPSA) is 84.2 Å². The van der Waals surface area contributed by atoms with Crippen LogP contribution in [0, 0.1) is 5.82 Å². The summed E-state index contributed by atoms with van der Waals surface area (Å²) in [5.74, 6) is -0.942. The maximum atomic E-state index is 12.7. The highest BCUT2D eigenvalue weighted by atomic mass is 19.1. The van der Waals surface area contributed by atoms with E-state index in [0.717, 1.165) is 5.56 Å². The molecule has 0 aliphatic heterocycles. The first-order valence-electron chi connectivity index (χ1n) is 6.02. The molecular formula is C13H18FN3O2. The Morgan fingerprint density at radius 1 is 1.26 bits per heavy atom. The van der Waals surface area contributed by atoms with Crippen molar-refractivity contribution in [1.82, 2.24) is 10.6 Å². The van der Waals surface area contributed by atoms with Crippen molar-refractivity contribution in [2.75, 3.05) is 13.1 Å². The van der Waals surface area contributed by atoms with Gasteiger partial charge in [-0.15, -0.1) is 0 Å². The van der Waals surface area contributed by atoms with Gasteiger partial charge in [-0.05, 0) is 31.0 Å². The van der Waals surface area contributed by atoms with Gasteiger partial charge in [-0.1, -0.05) is 12.1 Å². The second-order valence-electron chi connectivity index (χ2n) is 4.28. The van der Waals surface area contributed by atoms with E-state index in [-0.39, 0.29) is 36.8 Å². The number of nitrogens with one attached hydrogen (secondary N) is 2. The number of halogens is 1. The Morgan fingerprint density at radius 3 is 2.47 bits per heavy atom. The van der Waals surface area contributed by atoms with Crippen molar-refractivity contribution < 1.29 is 14.0 Å². The van der Waals surface area contributed by atoms with Crippen LogP contribution in [-0.2, 0) is 16.0 Å². The Balaban J connectivity index is 2.34. The highest BCUT2D eigenvalue weighted by Crippen LogP contribution is 2.05. The van der Waals surface area contributed by atoms with Gasteiger partial charge < -0.3 is 16.4 Å². The summed E-state index contributed by atoms with van der Waals surface area (Å²) in [7, 11) is 0. The van der Waals surface area contributed by atoms with Gasteiger partial charge in [0.25, 0.3) is 0 Å². The van der Waals surface area contributed by atoms with Crippen LogP contribution in [0.1, 0.15) is 12.5 Å². The number of carbonyl (C=O) groups is 2. The third-order valence-corrected chi connectivity index (χ3v) is 2.49. The fourth-order valence-electron chi connectivity index (χ4n) is 1.60. The number of carbonyl (C=O) groups excluding carboxylic acids is 2. The van der Waals surface area contributed by atoms with Crippen LogP contribution in [-0.4, -0.2) is 30.9 Å². The average molecular weight is 267 g/mol. The van der Waals surface area contributed by atoms with Crippen LogP contribution < -0.4 is 16.4 Å². The standard InChI is InChI=1S/C13H18FN3O2/c1-9(6-10-2-4-11(14)5-3-10)17-13(19)8-16-12(18)7-15/h2-5,9H,6-8,15H2,1H3,(H,16,18)(H,17,19). The smallest absolute Gasteiger partial charge is 0.239 e. The van der Waals surface area contributed by atoms with Crippen LogP contribution in [0.25, 0.3) is 0 Å². The second-order valence-corrected chi connectivity index (χ2v) is 4.28. The predicted molar refractivity (Wildman–Crippen MR) is 69.8 cm³/mol. The number of nitrogens with two attached hydrogens (primary N) is 1. The van der Waals surface area contributed by atoms with E-state index >= 15 is 0 Å². The molecule has 5 nitrogen and oxygen atoms in total. The zero-order chi connectivity index (χ0) is 14.3. The normalized spacial score (nSPS) is 11.7. The second kappa shape index (κ2) is 7.48. The van der Waals surface area contributed by atoms with Gasteiger partial charge in [0.15, 0.2) is 0 Å². The van der Waals surface area contributed by atoms with Crippen LogP contribution in [0.15, 0.2) is 24.3 Å². The van der Waals surface area contributed by atoms with Crippen molar-refractivity contribution in [2.24, 2.45) is 5.73 Å². The van der Waals surface area contributed by atoms with Gasteiger partial charge in [-0.3, -0.25) is 9.59 Å². The summed E-state index contributed by atoms with van der Waals surface area (Å²) in [6.45, 7) is 1.61. The zero-order valence-electron chi connectivity index (χ0n) is 10.8. The van der Waals surface area contributed by atoms with Gasteiger partial charge in [-0.25, -0.2) is 4.39 Å². The average Bonchev–Trinajstić information content (AvgIpc) is 2.38. The van der Waals surface area contributed by atoms with E-state index in [0.29, 0.717) is 6.42 Å². The van der Waals surface area contributed by atoms with E-state index in [1.165, 1.54) is 12.1 Å². The minimum absolute atomic E-state index is 0.0935. The number of hydrogen-bond acceptors (Lipinski definition) is 3. The van der Waals surface area contributed by atoms with Crippen LogP contribution >= 0.6 is 0 Å². The molecule has 1 atom stereocenters. The quantitative estimate of drug-likeness (QED) is 0.675. The van der Waals surface area contributed by atoms with Gasteiger partial charge in [0.05, 0.1) is 13.1 Å². The van der Waals surface area contributed by atoms with Crippen LogP contribution in [0.2, 0.25) is 0 Å². The van der Waals surface area contributed by atoms with Crippen LogP contribution in [0.3, 0.4) is 0 Å². The molecule has 6 heteroatoms. The van der Waals surface area contributed by atoms with E-state index in [2.05, 4.69) is 10.6 Å². The van der Waals surface area contributed by atoms with Gasteiger partial charge >= 0.3 is 0 Å². The summed E-state index contributed by atoms with van der Waals surface area (Å²) in [6, 6.07) is 6.01. The molecule has 104 valence electrons. The summed E-state index contributed by atoms with van der Waals surface area (Å²) in [5, 5.41) is 5.12. The third kappa shape index (κ3) is 5.96.